The number of rotatable bonds is 3. The van der Waals surface area contributed by atoms with Crippen LogP contribution in [0.25, 0.3) is 11.0 Å². The predicted octanol–water partition coefficient (Wildman–Crippen LogP) is 4.73. The molecule has 2 aromatic rings. The fourth-order valence-electron chi connectivity index (χ4n) is 7.26. The van der Waals surface area contributed by atoms with Crippen molar-refractivity contribution in [3.8, 4) is 5.75 Å². The summed E-state index contributed by atoms with van der Waals surface area (Å²) in [6.45, 7) is 4.90. The lowest BCUT2D eigenvalue weighted by Crippen LogP contribution is -2.60. The maximum atomic E-state index is 13.7. The molecule has 7 heteroatoms. The summed E-state index contributed by atoms with van der Waals surface area (Å²) in [5.74, 6) is 1.59. The average molecular weight is 497 g/mol. The Bertz CT molecular complexity index is 1270. The lowest BCUT2D eigenvalue weighted by atomic mass is 9.68. The first-order valence-corrected chi connectivity index (χ1v) is 13.4. The molecule has 35 heavy (non-hydrogen) atoms. The Morgan fingerprint density at radius 3 is 2.91 bits per heavy atom. The van der Waals surface area contributed by atoms with E-state index in [1.54, 1.807) is 12.1 Å². The third-order valence-electron chi connectivity index (χ3n) is 8.87. The summed E-state index contributed by atoms with van der Waals surface area (Å²) in [6, 6.07) is 4.24. The Balaban J connectivity index is 1.30. The monoisotopic (exact) mass is 496 g/mol. The zero-order valence-corrected chi connectivity index (χ0v) is 21.3. The van der Waals surface area contributed by atoms with Crippen molar-refractivity contribution in [1.82, 2.24) is 9.80 Å². The van der Waals surface area contributed by atoms with E-state index in [2.05, 4.69) is 15.9 Å². The second-order valence-electron chi connectivity index (χ2n) is 10.7. The summed E-state index contributed by atoms with van der Waals surface area (Å²) in [7, 11) is 1.53. The SMILES string of the molecule is COc1cc2oc(=O)c(CC(=O)N3CCCC4=CC5CC(CN6CCCCC56)C43)c(C)c2cc1Cl. The molecule has 3 saturated heterocycles. The van der Waals surface area contributed by atoms with Crippen molar-refractivity contribution < 1.29 is 13.9 Å². The zero-order chi connectivity index (χ0) is 24.3. The summed E-state index contributed by atoms with van der Waals surface area (Å²) < 4.78 is 10.9. The number of carbonyl (C=O) groups excluding carboxylic acids is 1. The van der Waals surface area contributed by atoms with Crippen LogP contribution in [0.5, 0.6) is 5.75 Å². The molecule has 4 aliphatic rings. The van der Waals surface area contributed by atoms with E-state index in [1.807, 2.05) is 6.92 Å². The normalized spacial score (nSPS) is 28.3. The van der Waals surface area contributed by atoms with Gasteiger partial charge in [-0.15, -0.1) is 0 Å². The van der Waals surface area contributed by atoms with Gasteiger partial charge in [0.1, 0.15) is 11.3 Å². The number of halogens is 1. The molecule has 186 valence electrons. The summed E-state index contributed by atoms with van der Waals surface area (Å²) in [6.07, 6.45) is 9.76. The Labute approximate surface area is 210 Å². The van der Waals surface area contributed by atoms with Gasteiger partial charge in [-0.25, -0.2) is 4.79 Å². The van der Waals surface area contributed by atoms with Crippen LogP contribution in [0.15, 0.2) is 33.0 Å². The highest BCUT2D eigenvalue weighted by Crippen LogP contribution is 2.45. The molecule has 4 unspecified atom stereocenters. The van der Waals surface area contributed by atoms with E-state index in [0.717, 1.165) is 36.9 Å². The third-order valence-corrected chi connectivity index (χ3v) is 9.16. The lowest BCUT2D eigenvalue weighted by molar-refractivity contribution is -0.135. The van der Waals surface area contributed by atoms with E-state index in [0.29, 0.717) is 39.8 Å². The number of carbonyl (C=O) groups is 1. The first-order chi connectivity index (χ1) is 16.9. The Morgan fingerprint density at radius 1 is 1.23 bits per heavy atom. The maximum absolute atomic E-state index is 13.7. The van der Waals surface area contributed by atoms with Crippen molar-refractivity contribution in [2.45, 2.75) is 64.0 Å². The number of methoxy groups -OCH3 is 1. The second kappa shape index (κ2) is 8.97. The molecule has 1 aliphatic carbocycles. The number of aryl methyl sites for hydroxylation is 1. The number of hydrogen-bond donors (Lipinski definition) is 0. The number of hydrogen-bond acceptors (Lipinski definition) is 5. The Kier molecular flexibility index (Phi) is 5.92. The fraction of sp³-hybridized carbons (Fsp3) is 0.571. The topological polar surface area (TPSA) is 63.0 Å². The molecule has 0 saturated carbocycles. The maximum Gasteiger partial charge on any atom is 0.340 e. The fourth-order valence-corrected chi connectivity index (χ4v) is 7.50. The lowest BCUT2D eigenvalue weighted by Gasteiger charge is -2.54. The molecule has 0 spiro atoms. The van der Waals surface area contributed by atoms with Crippen LogP contribution in [-0.2, 0) is 11.2 Å². The molecule has 1 aromatic carbocycles. The number of amides is 1. The van der Waals surface area contributed by atoms with Crippen molar-refractivity contribution in [2.75, 3.05) is 26.7 Å². The molecule has 0 radical (unpaired) electrons. The van der Waals surface area contributed by atoms with Gasteiger partial charge >= 0.3 is 5.63 Å². The predicted molar refractivity (Wildman–Crippen MR) is 136 cm³/mol. The highest BCUT2D eigenvalue weighted by atomic mass is 35.5. The molecule has 3 aliphatic heterocycles. The molecular weight excluding hydrogens is 464 g/mol. The minimum absolute atomic E-state index is 0.0224. The first-order valence-electron chi connectivity index (χ1n) is 13.0. The van der Waals surface area contributed by atoms with Gasteiger partial charge in [0, 0.05) is 30.6 Å². The van der Waals surface area contributed by atoms with Gasteiger partial charge in [-0.1, -0.05) is 29.7 Å². The van der Waals surface area contributed by atoms with E-state index < -0.39 is 5.63 Å². The summed E-state index contributed by atoms with van der Waals surface area (Å²) >= 11 is 6.34. The molecule has 1 aromatic heterocycles. The number of nitrogens with zero attached hydrogens (tertiary/aromatic N) is 2. The van der Waals surface area contributed by atoms with Gasteiger partial charge in [0.25, 0.3) is 0 Å². The van der Waals surface area contributed by atoms with Gasteiger partial charge < -0.3 is 14.1 Å². The van der Waals surface area contributed by atoms with E-state index in [1.165, 1.54) is 44.9 Å². The van der Waals surface area contributed by atoms with Crippen molar-refractivity contribution in [2.24, 2.45) is 11.8 Å². The highest BCUT2D eigenvalue weighted by molar-refractivity contribution is 6.32. The Morgan fingerprint density at radius 2 is 2.09 bits per heavy atom. The number of benzene rings is 1. The van der Waals surface area contributed by atoms with Crippen LogP contribution in [0.4, 0.5) is 0 Å². The van der Waals surface area contributed by atoms with E-state index in [4.69, 9.17) is 20.8 Å². The van der Waals surface area contributed by atoms with E-state index >= 15 is 0 Å². The molecule has 6 rings (SSSR count). The van der Waals surface area contributed by atoms with Gasteiger partial charge in [-0.2, -0.15) is 0 Å². The van der Waals surface area contributed by atoms with Crippen LogP contribution < -0.4 is 10.4 Å². The first kappa shape index (κ1) is 23.1. The van der Waals surface area contributed by atoms with Crippen molar-refractivity contribution >= 4 is 28.5 Å². The quantitative estimate of drug-likeness (QED) is 0.454. The van der Waals surface area contributed by atoms with Crippen molar-refractivity contribution in [3.05, 3.63) is 50.4 Å². The molecule has 2 bridgehead atoms. The van der Waals surface area contributed by atoms with Crippen LogP contribution in [0.1, 0.15) is 49.7 Å². The van der Waals surface area contributed by atoms with Crippen molar-refractivity contribution in [1.29, 1.82) is 0 Å². The molecular formula is C28H33ClN2O4. The second-order valence-corrected chi connectivity index (χ2v) is 11.2. The molecule has 1 amide bonds. The Hall–Kier alpha value is -2.31. The number of ether oxygens (including phenoxy) is 1. The molecule has 3 fully saturated rings. The molecule has 0 N–H and O–H groups in total. The van der Waals surface area contributed by atoms with E-state index in [-0.39, 0.29) is 18.4 Å². The summed E-state index contributed by atoms with van der Waals surface area (Å²) in [5.41, 5.74) is 2.59. The van der Waals surface area contributed by atoms with Crippen LogP contribution in [0.2, 0.25) is 5.02 Å². The van der Waals surface area contributed by atoms with Gasteiger partial charge in [0.2, 0.25) is 5.91 Å². The van der Waals surface area contributed by atoms with E-state index in [9.17, 15) is 9.59 Å². The standard InChI is InChI=1S/C28H33ClN2O4/c1-16-20-12-22(29)25(34-2)14-24(20)35-28(33)21(16)13-26(32)31-9-5-6-17-10-18-11-19(27(17)31)15-30-8-4-3-7-23(18)30/h10,12,14,18-19,23,27H,3-9,11,13,15H2,1-2H3. The van der Waals surface area contributed by atoms with Gasteiger partial charge in [-0.05, 0) is 69.0 Å². The van der Waals surface area contributed by atoms with Crippen LogP contribution in [-0.4, -0.2) is 54.5 Å². The largest absolute Gasteiger partial charge is 0.495 e. The molecule has 4 atom stereocenters. The smallest absolute Gasteiger partial charge is 0.340 e. The van der Waals surface area contributed by atoms with Crippen LogP contribution >= 0.6 is 11.6 Å². The number of likely N-dealkylation sites (tertiary alicyclic amines) is 1. The minimum Gasteiger partial charge on any atom is -0.495 e. The van der Waals surface area contributed by atoms with Gasteiger partial charge in [-0.3, -0.25) is 9.69 Å². The minimum atomic E-state index is -0.460. The van der Waals surface area contributed by atoms with Gasteiger partial charge in [0.05, 0.1) is 30.2 Å². The number of fused-ring (bicyclic) bond motifs is 7. The number of piperidine rings is 3. The van der Waals surface area contributed by atoms with Crippen LogP contribution in [0, 0.1) is 18.8 Å². The van der Waals surface area contributed by atoms with Crippen LogP contribution in [0.3, 0.4) is 0 Å². The molecule has 6 nitrogen and oxygen atoms in total. The molecule has 4 heterocycles. The summed E-state index contributed by atoms with van der Waals surface area (Å²) in [4.78, 5) is 31.4. The summed E-state index contributed by atoms with van der Waals surface area (Å²) in [5, 5.41) is 1.19. The van der Waals surface area contributed by atoms with Crippen molar-refractivity contribution in [3.63, 3.8) is 0 Å². The highest BCUT2D eigenvalue weighted by Gasteiger charge is 2.46. The average Bonchev–Trinajstić information content (AvgIpc) is 2.86. The zero-order valence-electron chi connectivity index (χ0n) is 20.5. The third kappa shape index (κ3) is 3.89. The van der Waals surface area contributed by atoms with Gasteiger partial charge in [0.15, 0.2) is 0 Å².